The van der Waals surface area contributed by atoms with Crippen LogP contribution in [0.5, 0.6) is 17.2 Å². The molecule has 1 aliphatic heterocycles. The lowest BCUT2D eigenvalue weighted by atomic mass is 10.1. The van der Waals surface area contributed by atoms with E-state index in [1.807, 2.05) is 13.0 Å². The summed E-state index contributed by atoms with van der Waals surface area (Å²) in [6, 6.07) is 15.5. The molecule has 5 rings (SSSR count). The fourth-order valence-electron chi connectivity index (χ4n) is 3.26. The molecule has 0 saturated carbocycles. The second kappa shape index (κ2) is 7.11. The average molecular weight is 404 g/mol. The molecule has 150 valence electrons. The van der Waals surface area contributed by atoms with Crippen LogP contribution in [0.15, 0.2) is 74.5 Å². The Morgan fingerprint density at radius 2 is 1.90 bits per heavy atom. The summed E-state index contributed by atoms with van der Waals surface area (Å²) in [5, 5.41) is 0.305. The van der Waals surface area contributed by atoms with Crippen molar-refractivity contribution in [2.24, 2.45) is 0 Å². The SMILES string of the molecule is Cc1ccc2oc(-c3ccco3)c(OC(=O)[C@@H]3COc4ccccc4O3)c(=O)c2c1. The molecule has 1 atom stereocenters. The van der Waals surface area contributed by atoms with Crippen molar-refractivity contribution in [3.63, 3.8) is 0 Å². The number of furan rings is 1. The van der Waals surface area contributed by atoms with Crippen molar-refractivity contribution >= 4 is 16.9 Å². The predicted molar refractivity (Wildman–Crippen MR) is 107 cm³/mol. The van der Waals surface area contributed by atoms with Gasteiger partial charge >= 0.3 is 5.97 Å². The first-order valence-corrected chi connectivity index (χ1v) is 9.31. The molecule has 0 saturated heterocycles. The number of hydrogen-bond donors (Lipinski definition) is 0. The minimum atomic E-state index is -1.03. The van der Waals surface area contributed by atoms with E-state index in [4.69, 9.17) is 23.0 Å². The van der Waals surface area contributed by atoms with Crippen LogP contribution in [0.2, 0.25) is 0 Å². The minimum Gasteiger partial charge on any atom is -0.485 e. The zero-order valence-corrected chi connectivity index (χ0v) is 15.9. The summed E-state index contributed by atoms with van der Waals surface area (Å²) in [5.74, 6) is 0.249. The van der Waals surface area contributed by atoms with Crippen LogP contribution in [0.3, 0.4) is 0 Å². The van der Waals surface area contributed by atoms with E-state index < -0.39 is 17.5 Å². The monoisotopic (exact) mass is 404 g/mol. The molecule has 0 aliphatic carbocycles. The third-order valence-corrected chi connectivity index (χ3v) is 4.72. The Bertz CT molecular complexity index is 1300. The van der Waals surface area contributed by atoms with Gasteiger partial charge in [0.25, 0.3) is 0 Å². The normalized spacial score (nSPS) is 15.2. The van der Waals surface area contributed by atoms with E-state index in [9.17, 15) is 9.59 Å². The van der Waals surface area contributed by atoms with Crippen LogP contribution in [0, 0.1) is 6.92 Å². The third kappa shape index (κ3) is 3.10. The van der Waals surface area contributed by atoms with E-state index in [1.165, 1.54) is 6.26 Å². The molecule has 0 bridgehead atoms. The van der Waals surface area contributed by atoms with Gasteiger partial charge in [-0.1, -0.05) is 23.8 Å². The van der Waals surface area contributed by atoms with E-state index in [2.05, 4.69) is 0 Å². The Kier molecular flexibility index (Phi) is 4.28. The number of benzene rings is 2. The van der Waals surface area contributed by atoms with Gasteiger partial charge in [0.05, 0.1) is 11.6 Å². The number of para-hydroxylation sites is 2. The number of carbonyl (C=O) groups is 1. The molecule has 7 heteroatoms. The van der Waals surface area contributed by atoms with E-state index in [-0.39, 0.29) is 23.9 Å². The average Bonchev–Trinajstić information content (AvgIpc) is 3.30. The van der Waals surface area contributed by atoms with Crippen molar-refractivity contribution in [3.8, 4) is 28.8 Å². The van der Waals surface area contributed by atoms with Gasteiger partial charge in [-0.25, -0.2) is 4.79 Å². The number of ether oxygens (including phenoxy) is 3. The van der Waals surface area contributed by atoms with E-state index in [0.717, 1.165) is 5.56 Å². The van der Waals surface area contributed by atoms with Crippen LogP contribution in [-0.2, 0) is 4.79 Å². The van der Waals surface area contributed by atoms with Crippen LogP contribution in [0.1, 0.15) is 5.56 Å². The third-order valence-electron chi connectivity index (χ3n) is 4.72. The molecule has 0 spiro atoms. The van der Waals surface area contributed by atoms with Crippen LogP contribution in [0.4, 0.5) is 0 Å². The Hall–Kier alpha value is -4.00. The van der Waals surface area contributed by atoms with Gasteiger partial charge in [-0.15, -0.1) is 0 Å². The zero-order chi connectivity index (χ0) is 20.7. The lowest BCUT2D eigenvalue weighted by Gasteiger charge is -2.24. The maximum absolute atomic E-state index is 13.2. The number of esters is 1. The van der Waals surface area contributed by atoms with E-state index >= 15 is 0 Å². The fourth-order valence-corrected chi connectivity index (χ4v) is 3.26. The first kappa shape index (κ1) is 18.1. The molecule has 2 aromatic carbocycles. The van der Waals surface area contributed by atoms with Gasteiger partial charge in [0.2, 0.25) is 23.0 Å². The molecule has 0 radical (unpaired) electrons. The van der Waals surface area contributed by atoms with Crippen LogP contribution in [-0.4, -0.2) is 18.7 Å². The number of hydrogen-bond acceptors (Lipinski definition) is 7. The van der Waals surface area contributed by atoms with Crippen molar-refractivity contribution in [2.45, 2.75) is 13.0 Å². The zero-order valence-electron chi connectivity index (χ0n) is 15.9. The molecule has 0 unspecified atom stereocenters. The van der Waals surface area contributed by atoms with Gasteiger partial charge in [0.1, 0.15) is 12.2 Å². The summed E-state index contributed by atoms with van der Waals surface area (Å²) in [7, 11) is 0. The topological polar surface area (TPSA) is 88.1 Å². The Morgan fingerprint density at radius 1 is 1.07 bits per heavy atom. The lowest BCUT2D eigenvalue weighted by Crippen LogP contribution is -2.40. The highest BCUT2D eigenvalue weighted by molar-refractivity contribution is 5.85. The molecule has 0 amide bonds. The molecule has 3 heterocycles. The standard InChI is InChI=1S/C23H16O7/c1-13-8-9-15-14(11-13)20(24)22(21(29-15)18-7-4-10-26-18)30-23(25)19-12-27-16-5-2-3-6-17(16)28-19/h2-11,19H,12H2,1H3/t19-/m0/s1. The summed E-state index contributed by atoms with van der Waals surface area (Å²) in [5.41, 5.74) is 0.762. The van der Waals surface area contributed by atoms with Crippen molar-refractivity contribution in [1.82, 2.24) is 0 Å². The molecule has 0 fully saturated rings. The van der Waals surface area contributed by atoms with Crippen LogP contribution >= 0.6 is 0 Å². The van der Waals surface area contributed by atoms with Gasteiger partial charge in [-0.3, -0.25) is 4.79 Å². The van der Waals surface area contributed by atoms with Gasteiger partial charge in [-0.2, -0.15) is 0 Å². The highest BCUT2D eigenvalue weighted by Crippen LogP contribution is 2.34. The van der Waals surface area contributed by atoms with Gasteiger partial charge in [0.15, 0.2) is 17.3 Å². The first-order valence-electron chi connectivity index (χ1n) is 9.31. The van der Waals surface area contributed by atoms with Crippen molar-refractivity contribution in [2.75, 3.05) is 6.61 Å². The van der Waals surface area contributed by atoms with Crippen molar-refractivity contribution in [1.29, 1.82) is 0 Å². The highest BCUT2D eigenvalue weighted by atomic mass is 16.6. The van der Waals surface area contributed by atoms with Crippen molar-refractivity contribution < 1.29 is 27.8 Å². The molecule has 4 aromatic rings. The summed E-state index contributed by atoms with van der Waals surface area (Å²) >= 11 is 0. The second-order valence-corrected chi connectivity index (χ2v) is 6.85. The minimum absolute atomic E-state index is 0.0341. The molecule has 7 nitrogen and oxygen atoms in total. The molecule has 0 N–H and O–H groups in total. The Balaban J connectivity index is 1.55. The lowest BCUT2D eigenvalue weighted by molar-refractivity contribution is -0.144. The fraction of sp³-hybridized carbons (Fsp3) is 0.130. The maximum atomic E-state index is 13.2. The molecular formula is C23H16O7. The molecule has 30 heavy (non-hydrogen) atoms. The molecular weight excluding hydrogens is 388 g/mol. The van der Waals surface area contributed by atoms with Gasteiger partial charge < -0.3 is 23.0 Å². The summed E-state index contributed by atoms with van der Waals surface area (Å²) in [6.45, 7) is 1.82. The smallest absolute Gasteiger partial charge is 0.356 e. The Morgan fingerprint density at radius 3 is 2.70 bits per heavy atom. The number of aryl methyl sites for hydroxylation is 1. The van der Waals surface area contributed by atoms with Crippen LogP contribution < -0.4 is 19.6 Å². The van der Waals surface area contributed by atoms with Crippen molar-refractivity contribution in [3.05, 3.63) is 76.6 Å². The van der Waals surface area contributed by atoms with Gasteiger partial charge in [0, 0.05) is 0 Å². The largest absolute Gasteiger partial charge is 0.485 e. The van der Waals surface area contributed by atoms with Gasteiger partial charge in [-0.05, 0) is 43.3 Å². The number of carbonyl (C=O) groups excluding carboxylic acids is 1. The first-order chi connectivity index (χ1) is 14.6. The predicted octanol–water partition coefficient (Wildman–Crippen LogP) is 4.11. The summed E-state index contributed by atoms with van der Waals surface area (Å²) < 4.78 is 28.0. The van der Waals surface area contributed by atoms with E-state index in [0.29, 0.717) is 22.5 Å². The second-order valence-electron chi connectivity index (χ2n) is 6.85. The molecule has 1 aliphatic rings. The maximum Gasteiger partial charge on any atom is 0.356 e. The summed E-state index contributed by atoms with van der Waals surface area (Å²) in [6.07, 6.45) is 0.409. The summed E-state index contributed by atoms with van der Waals surface area (Å²) in [4.78, 5) is 26.0. The quantitative estimate of drug-likeness (QED) is 0.475. The number of rotatable bonds is 3. The number of fused-ring (bicyclic) bond motifs is 2. The molecule has 2 aromatic heterocycles. The highest BCUT2D eigenvalue weighted by Gasteiger charge is 2.31. The Labute approximate surface area is 170 Å². The van der Waals surface area contributed by atoms with Crippen LogP contribution in [0.25, 0.3) is 22.5 Å². The van der Waals surface area contributed by atoms with E-state index in [1.54, 1.807) is 48.5 Å².